The number of rotatable bonds is 5. The first-order chi connectivity index (χ1) is 9.97. The van der Waals surface area contributed by atoms with Crippen LogP contribution in [0.4, 0.5) is 5.82 Å². The summed E-state index contributed by atoms with van der Waals surface area (Å²) >= 11 is 0. The fourth-order valence-corrected chi connectivity index (χ4v) is 2.88. The Balaban J connectivity index is 1.93. The molecule has 1 aliphatic rings. The van der Waals surface area contributed by atoms with E-state index in [4.69, 9.17) is 0 Å². The van der Waals surface area contributed by atoms with Gasteiger partial charge >= 0.3 is 0 Å². The lowest BCUT2D eigenvalue weighted by atomic mass is 9.82. The van der Waals surface area contributed by atoms with Crippen LogP contribution in [-0.2, 0) is 11.3 Å². The molecule has 2 rings (SSSR count). The molecule has 1 fully saturated rings. The summed E-state index contributed by atoms with van der Waals surface area (Å²) in [5.74, 6) is 0.396. The van der Waals surface area contributed by atoms with Gasteiger partial charge in [0.05, 0.1) is 12.0 Å². The van der Waals surface area contributed by atoms with Crippen LogP contribution < -0.4 is 5.32 Å². The van der Waals surface area contributed by atoms with Crippen molar-refractivity contribution in [3.05, 3.63) is 23.9 Å². The first kappa shape index (κ1) is 15.9. The van der Waals surface area contributed by atoms with E-state index in [1.165, 1.54) is 0 Å². The monoisotopic (exact) mass is 291 g/mol. The van der Waals surface area contributed by atoms with Gasteiger partial charge in [0, 0.05) is 12.7 Å². The molecule has 1 amide bonds. The average Bonchev–Trinajstić information content (AvgIpc) is 2.38. The molecule has 0 spiro atoms. The van der Waals surface area contributed by atoms with Crippen LogP contribution in [0.25, 0.3) is 0 Å². The fourth-order valence-electron chi connectivity index (χ4n) is 2.88. The minimum absolute atomic E-state index is 0.158. The van der Waals surface area contributed by atoms with Crippen LogP contribution in [0, 0.1) is 0 Å². The Morgan fingerprint density at radius 1 is 1.38 bits per heavy atom. The van der Waals surface area contributed by atoms with Gasteiger partial charge in [-0.25, -0.2) is 4.98 Å². The van der Waals surface area contributed by atoms with Crippen molar-refractivity contribution in [1.29, 1.82) is 0 Å². The zero-order chi connectivity index (χ0) is 15.3. The van der Waals surface area contributed by atoms with Crippen molar-refractivity contribution in [2.75, 3.05) is 19.4 Å². The number of pyridine rings is 1. The second kappa shape index (κ2) is 7.00. The van der Waals surface area contributed by atoms with E-state index in [-0.39, 0.29) is 12.3 Å². The maximum Gasteiger partial charge on any atom is 0.228 e. The van der Waals surface area contributed by atoms with Gasteiger partial charge in [-0.3, -0.25) is 4.79 Å². The van der Waals surface area contributed by atoms with E-state index >= 15 is 0 Å². The van der Waals surface area contributed by atoms with Gasteiger partial charge in [-0.1, -0.05) is 19.3 Å². The highest BCUT2D eigenvalue weighted by Gasteiger charge is 2.31. The summed E-state index contributed by atoms with van der Waals surface area (Å²) in [7, 11) is 3.99. The van der Waals surface area contributed by atoms with Gasteiger partial charge in [-0.15, -0.1) is 0 Å². The lowest BCUT2D eigenvalue weighted by molar-refractivity contribution is -0.122. The van der Waals surface area contributed by atoms with Crippen molar-refractivity contribution in [1.82, 2.24) is 9.88 Å². The molecular formula is C16H25N3O2. The second-order valence-electron chi connectivity index (χ2n) is 6.30. The van der Waals surface area contributed by atoms with Crippen molar-refractivity contribution >= 4 is 11.7 Å². The highest BCUT2D eigenvalue weighted by Crippen LogP contribution is 2.31. The van der Waals surface area contributed by atoms with E-state index in [0.717, 1.165) is 31.4 Å². The fraction of sp³-hybridized carbons (Fsp3) is 0.625. The van der Waals surface area contributed by atoms with Crippen LogP contribution in [0.1, 0.15) is 44.1 Å². The summed E-state index contributed by atoms with van der Waals surface area (Å²) in [5, 5.41) is 13.2. The molecule has 5 heteroatoms. The van der Waals surface area contributed by atoms with Gasteiger partial charge in [-0.2, -0.15) is 0 Å². The summed E-state index contributed by atoms with van der Waals surface area (Å²) < 4.78 is 0. The van der Waals surface area contributed by atoms with E-state index in [2.05, 4.69) is 15.2 Å². The number of anilines is 1. The molecule has 0 radical (unpaired) electrons. The third-order valence-corrected chi connectivity index (χ3v) is 3.86. The van der Waals surface area contributed by atoms with Crippen LogP contribution in [0.15, 0.2) is 18.3 Å². The summed E-state index contributed by atoms with van der Waals surface area (Å²) in [6.45, 7) is 0.801. The Bertz CT molecular complexity index is 482. The van der Waals surface area contributed by atoms with Gasteiger partial charge in [-0.05, 0) is 44.6 Å². The van der Waals surface area contributed by atoms with Crippen LogP contribution in [-0.4, -0.2) is 40.6 Å². The number of aliphatic hydroxyl groups is 1. The molecule has 1 saturated carbocycles. The second-order valence-corrected chi connectivity index (χ2v) is 6.30. The van der Waals surface area contributed by atoms with Crippen molar-refractivity contribution < 1.29 is 9.90 Å². The number of carbonyl (C=O) groups is 1. The Hall–Kier alpha value is -1.46. The number of carbonyl (C=O) groups excluding carboxylic acids is 1. The Morgan fingerprint density at radius 2 is 2.10 bits per heavy atom. The summed E-state index contributed by atoms with van der Waals surface area (Å²) in [5.41, 5.74) is 0.269. The van der Waals surface area contributed by atoms with E-state index in [1.54, 1.807) is 6.20 Å². The quantitative estimate of drug-likeness (QED) is 0.872. The molecule has 0 saturated heterocycles. The van der Waals surface area contributed by atoms with Crippen LogP contribution in [0.2, 0.25) is 0 Å². The lowest BCUT2D eigenvalue weighted by Crippen LogP contribution is -2.36. The minimum Gasteiger partial charge on any atom is -0.389 e. The largest absolute Gasteiger partial charge is 0.389 e. The lowest BCUT2D eigenvalue weighted by Gasteiger charge is -2.31. The van der Waals surface area contributed by atoms with Crippen LogP contribution >= 0.6 is 0 Å². The zero-order valence-corrected chi connectivity index (χ0v) is 12.9. The van der Waals surface area contributed by atoms with Gasteiger partial charge in [0.2, 0.25) is 5.91 Å². The number of hydrogen-bond acceptors (Lipinski definition) is 4. The number of hydrogen-bond donors (Lipinski definition) is 2. The third kappa shape index (κ3) is 5.10. The maximum absolute atomic E-state index is 12.1. The molecule has 21 heavy (non-hydrogen) atoms. The summed E-state index contributed by atoms with van der Waals surface area (Å²) in [6.07, 6.45) is 6.44. The molecule has 0 aliphatic heterocycles. The third-order valence-electron chi connectivity index (χ3n) is 3.86. The van der Waals surface area contributed by atoms with Crippen LogP contribution in [0.3, 0.4) is 0 Å². The molecule has 1 aromatic rings. The van der Waals surface area contributed by atoms with E-state index < -0.39 is 5.60 Å². The Labute approximate surface area is 126 Å². The van der Waals surface area contributed by atoms with E-state index in [0.29, 0.717) is 18.7 Å². The topological polar surface area (TPSA) is 65.5 Å². The highest BCUT2D eigenvalue weighted by molar-refractivity contribution is 5.90. The van der Waals surface area contributed by atoms with Crippen molar-refractivity contribution in [3.8, 4) is 0 Å². The van der Waals surface area contributed by atoms with Crippen molar-refractivity contribution in [2.24, 2.45) is 0 Å². The van der Waals surface area contributed by atoms with Crippen molar-refractivity contribution in [3.63, 3.8) is 0 Å². The van der Waals surface area contributed by atoms with E-state index in [1.807, 2.05) is 26.2 Å². The standard InChI is InChI=1S/C16H25N3O2/c1-19(2)12-13-6-9-17-14(10-13)18-15(20)11-16(21)7-4-3-5-8-16/h6,9-10,21H,3-5,7-8,11-12H2,1-2H3,(H,17,18,20). The minimum atomic E-state index is -0.830. The predicted molar refractivity (Wildman–Crippen MR) is 82.9 cm³/mol. The Morgan fingerprint density at radius 3 is 2.76 bits per heavy atom. The molecule has 1 aliphatic carbocycles. The van der Waals surface area contributed by atoms with Gasteiger partial charge in [0.1, 0.15) is 5.82 Å². The first-order valence-corrected chi connectivity index (χ1v) is 7.59. The molecule has 0 unspecified atom stereocenters. The SMILES string of the molecule is CN(C)Cc1ccnc(NC(=O)CC2(O)CCCCC2)c1. The van der Waals surface area contributed by atoms with E-state index in [9.17, 15) is 9.90 Å². The smallest absolute Gasteiger partial charge is 0.228 e. The summed E-state index contributed by atoms with van der Waals surface area (Å²) in [6, 6.07) is 3.81. The number of aromatic nitrogens is 1. The van der Waals surface area contributed by atoms with Gasteiger partial charge in [0.25, 0.3) is 0 Å². The highest BCUT2D eigenvalue weighted by atomic mass is 16.3. The zero-order valence-electron chi connectivity index (χ0n) is 12.9. The van der Waals surface area contributed by atoms with Crippen molar-refractivity contribution in [2.45, 2.75) is 50.7 Å². The molecule has 0 atom stereocenters. The molecule has 1 aromatic heterocycles. The molecule has 0 bridgehead atoms. The van der Waals surface area contributed by atoms with Crippen LogP contribution in [0.5, 0.6) is 0 Å². The predicted octanol–water partition coefficient (Wildman–Crippen LogP) is 2.17. The molecule has 116 valence electrons. The first-order valence-electron chi connectivity index (χ1n) is 7.59. The average molecular weight is 291 g/mol. The number of amides is 1. The number of nitrogens with one attached hydrogen (secondary N) is 1. The normalized spacial score (nSPS) is 17.7. The molecular weight excluding hydrogens is 266 g/mol. The summed E-state index contributed by atoms with van der Waals surface area (Å²) in [4.78, 5) is 18.3. The maximum atomic E-state index is 12.1. The molecule has 2 N–H and O–H groups in total. The van der Waals surface area contributed by atoms with Gasteiger partial charge in [0.15, 0.2) is 0 Å². The Kier molecular flexibility index (Phi) is 5.31. The molecule has 1 heterocycles. The molecule has 0 aromatic carbocycles. The number of nitrogens with zero attached hydrogens (tertiary/aromatic N) is 2. The molecule has 5 nitrogen and oxygen atoms in total. The van der Waals surface area contributed by atoms with Gasteiger partial charge < -0.3 is 15.3 Å².